The SMILES string of the molecule is Cc1cccc(NC(=O)Nc2cccc3c(-c4ccccc4)c(C(=O)N4CCOCC4)[nH]c23)c1. The lowest BCUT2D eigenvalue weighted by molar-refractivity contribution is 0.0300. The molecule has 172 valence electrons. The molecule has 1 fully saturated rings. The van der Waals surface area contributed by atoms with Gasteiger partial charge in [-0.05, 0) is 36.2 Å². The Kier molecular flexibility index (Phi) is 6.01. The van der Waals surface area contributed by atoms with Crippen LogP contribution in [0.25, 0.3) is 22.0 Å². The molecule has 0 saturated carbocycles. The van der Waals surface area contributed by atoms with Crippen LogP contribution in [0.5, 0.6) is 0 Å². The first kappa shape index (κ1) is 21.7. The van der Waals surface area contributed by atoms with Crippen molar-refractivity contribution in [2.24, 2.45) is 0 Å². The molecule has 1 aliphatic heterocycles. The second kappa shape index (κ2) is 9.41. The van der Waals surface area contributed by atoms with E-state index >= 15 is 0 Å². The molecule has 1 saturated heterocycles. The van der Waals surface area contributed by atoms with Gasteiger partial charge in [-0.15, -0.1) is 0 Å². The van der Waals surface area contributed by atoms with Crippen molar-refractivity contribution < 1.29 is 14.3 Å². The van der Waals surface area contributed by atoms with E-state index in [4.69, 9.17) is 4.74 Å². The van der Waals surface area contributed by atoms with Gasteiger partial charge in [-0.1, -0.05) is 54.6 Å². The maximum absolute atomic E-state index is 13.5. The maximum Gasteiger partial charge on any atom is 0.323 e. The number of para-hydroxylation sites is 1. The molecular formula is C27H26N4O3. The quantitative estimate of drug-likeness (QED) is 0.393. The number of fused-ring (bicyclic) bond motifs is 1. The summed E-state index contributed by atoms with van der Waals surface area (Å²) in [4.78, 5) is 31.4. The van der Waals surface area contributed by atoms with Crippen molar-refractivity contribution >= 4 is 34.2 Å². The minimum atomic E-state index is -0.352. The molecule has 7 heteroatoms. The van der Waals surface area contributed by atoms with E-state index in [9.17, 15) is 9.59 Å². The molecular weight excluding hydrogens is 428 g/mol. The van der Waals surface area contributed by atoms with E-state index < -0.39 is 0 Å². The van der Waals surface area contributed by atoms with E-state index in [-0.39, 0.29) is 11.9 Å². The molecule has 3 aromatic carbocycles. The number of urea groups is 1. The third-order valence-electron chi connectivity index (χ3n) is 5.93. The van der Waals surface area contributed by atoms with E-state index in [2.05, 4.69) is 15.6 Å². The van der Waals surface area contributed by atoms with Crippen LogP contribution in [-0.2, 0) is 4.74 Å². The number of aromatic amines is 1. The van der Waals surface area contributed by atoms with E-state index in [1.165, 1.54) is 0 Å². The third kappa shape index (κ3) is 4.38. The Labute approximate surface area is 197 Å². The lowest BCUT2D eigenvalue weighted by Gasteiger charge is -2.26. The molecule has 3 amide bonds. The van der Waals surface area contributed by atoms with E-state index in [1.807, 2.05) is 79.7 Å². The number of carbonyl (C=O) groups is 2. The number of aromatic nitrogens is 1. The molecule has 34 heavy (non-hydrogen) atoms. The Morgan fingerprint density at radius 3 is 2.44 bits per heavy atom. The van der Waals surface area contributed by atoms with Crippen LogP contribution in [0.4, 0.5) is 16.2 Å². The highest BCUT2D eigenvalue weighted by Gasteiger charge is 2.26. The minimum Gasteiger partial charge on any atom is -0.378 e. The van der Waals surface area contributed by atoms with Gasteiger partial charge in [0, 0.05) is 29.7 Å². The highest BCUT2D eigenvalue weighted by molar-refractivity contribution is 6.14. The van der Waals surface area contributed by atoms with Gasteiger partial charge in [-0.25, -0.2) is 4.79 Å². The number of hydrogen-bond donors (Lipinski definition) is 3. The minimum absolute atomic E-state index is 0.0754. The molecule has 1 aliphatic rings. The number of benzene rings is 3. The van der Waals surface area contributed by atoms with Crippen molar-refractivity contribution in [3.05, 3.63) is 84.1 Å². The fraction of sp³-hybridized carbons (Fsp3) is 0.185. The molecule has 5 rings (SSSR count). The van der Waals surface area contributed by atoms with Gasteiger partial charge in [0.1, 0.15) is 5.69 Å². The van der Waals surface area contributed by atoms with Gasteiger partial charge in [0.25, 0.3) is 5.91 Å². The van der Waals surface area contributed by atoms with Crippen molar-refractivity contribution in [3.63, 3.8) is 0 Å². The molecule has 2 heterocycles. The zero-order valence-electron chi connectivity index (χ0n) is 18.9. The predicted octanol–water partition coefficient (Wildman–Crippen LogP) is 5.26. The van der Waals surface area contributed by atoms with Gasteiger partial charge in [0.15, 0.2) is 0 Å². The van der Waals surface area contributed by atoms with Gasteiger partial charge in [0.05, 0.1) is 24.4 Å². The van der Waals surface area contributed by atoms with Crippen LogP contribution in [0.2, 0.25) is 0 Å². The number of amides is 3. The molecule has 0 atom stereocenters. The van der Waals surface area contributed by atoms with Gasteiger partial charge in [-0.2, -0.15) is 0 Å². The fourth-order valence-corrected chi connectivity index (χ4v) is 4.32. The molecule has 0 spiro atoms. The second-order valence-electron chi connectivity index (χ2n) is 8.32. The number of H-pyrrole nitrogens is 1. The number of rotatable bonds is 4. The van der Waals surface area contributed by atoms with E-state index in [0.717, 1.165) is 22.1 Å². The summed E-state index contributed by atoms with van der Waals surface area (Å²) < 4.78 is 5.42. The largest absolute Gasteiger partial charge is 0.378 e. The smallest absolute Gasteiger partial charge is 0.323 e. The van der Waals surface area contributed by atoms with Crippen LogP contribution in [0.15, 0.2) is 72.8 Å². The van der Waals surface area contributed by atoms with Crippen molar-refractivity contribution in [1.82, 2.24) is 9.88 Å². The number of ether oxygens (including phenoxy) is 1. The van der Waals surface area contributed by atoms with E-state index in [1.54, 1.807) is 4.90 Å². The summed E-state index contributed by atoms with van der Waals surface area (Å²) in [5.41, 5.74) is 5.35. The Morgan fingerprint density at radius 2 is 1.68 bits per heavy atom. The molecule has 7 nitrogen and oxygen atoms in total. The van der Waals surface area contributed by atoms with Crippen molar-refractivity contribution in [1.29, 1.82) is 0 Å². The summed E-state index contributed by atoms with van der Waals surface area (Å²) >= 11 is 0. The molecule has 0 radical (unpaired) electrons. The number of nitrogens with zero attached hydrogens (tertiary/aromatic N) is 1. The summed E-state index contributed by atoms with van der Waals surface area (Å²) in [5.74, 6) is -0.0754. The van der Waals surface area contributed by atoms with E-state index in [0.29, 0.717) is 48.9 Å². The van der Waals surface area contributed by atoms with Crippen LogP contribution in [0, 0.1) is 6.92 Å². The van der Waals surface area contributed by atoms with Crippen LogP contribution < -0.4 is 10.6 Å². The number of morpholine rings is 1. The van der Waals surface area contributed by atoms with Gasteiger partial charge >= 0.3 is 6.03 Å². The Bertz CT molecular complexity index is 1340. The highest BCUT2D eigenvalue weighted by atomic mass is 16.5. The molecule has 0 bridgehead atoms. The van der Waals surface area contributed by atoms with Crippen LogP contribution >= 0.6 is 0 Å². The standard InChI is InChI=1S/C27H26N4O3/c1-18-7-5-10-20(17-18)28-27(33)29-22-12-6-11-21-23(19-8-3-2-4-9-19)25(30-24(21)22)26(32)31-13-15-34-16-14-31/h2-12,17,30H,13-16H2,1H3,(H2,28,29,33). The zero-order chi connectivity index (χ0) is 23.5. The molecule has 4 aromatic rings. The molecule has 1 aromatic heterocycles. The van der Waals surface area contributed by atoms with Crippen LogP contribution in [0.1, 0.15) is 16.1 Å². The predicted molar refractivity (Wildman–Crippen MR) is 134 cm³/mol. The average Bonchev–Trinajstić information content (AvgIpc) is 3.25. The first-order valence-electron chi connectivity index (χ1n) is 11.3. The summed E-state index contributed by atoms with van der Waals surface area (Å²) in [6, 6.07) is 22.8. The first-order valence-corrected chi connectivity index (χ1v) is 11.3. The van der Waals surface area contributed by atoms with Crippen molar-refractivity contribution in [2.75, 3.05) is 36.9 Å². The van der Waals surface area contributed by atoms with Crippen molar-refractivity contribution in [2.45, 2.75) is 6.92 Å². The number of carbonyl (C=O) groups excluding carboxylic acids is 2. The number of anilines is 2. The second-order valence-corrected chi connectivity index (χ2v) is 8.32. The average molecular weight is 455 g/mol. The summed E-state index contributed by atoms with van der Waals surface area (Å²) in [6.07, 6.45) is 0. The highest BCUT2D eigenvalue weighted by Crippen LogP contribution is 2.36. The van der Waals surface area contributed by atoms with Gasteiger partial charge in [-0.3, -0.25) is 4.79 Å². The molecule has 3 N–H and O–H groups in total. The third-order valence-corrected chi connectivity index (χ3v) is 5.93. The lowest BCUT2D eigenvalue weighted by Crippen LogP contribution is -2.41. The molecule has 0 aliphatic carbocycles. The monoisotopic (exact) mass is 454 g/mol. The van der Waals surface area contributed by atoms with Crippen LogP contribution in [0.3, 0.4) is 0 Å². The maximum atomic E-state index is 13.5. The first-order chi connectivity index (χ1) is 16.6. The zero-order valence-corrected chi connectivity index (χ0v) is 18.9. The number of nitrogens with one attached hydrogen (secondary N) is 3. The number of aryl methyl sites for hydroxylation is 1. The topological polar surface area (TPSA) is 86.5 Å². The summed E-state index contributed by atoms with van der Waals surface area (Å²) in [5, 5.41) is 6.68. The molecule has 0 unspecified atom stereocenters. The number of hydrogen-bond acceptors (Lipinski definition) is 3. The lowest BCUT2D eigenvalue weighted by atomic mass is 10.0. The Morgan fingerprint density at radius 1 is 0.912 bits per heavy atom. The van der Waals surface area contributed by atoms with Gasteiger partial charge < -0.3 is 25.3 Å². The van der Waals surface area contributed by atoms with Gasteiger partial charge in [0.2, 0.25) is 0 Å². The Hall–Kier alpha value is -4.10. The summed E-state index contributed by atoms with van der Waals surface area (Å²) in [6.45, 7) is 4.12. The fourth-order valence-electron chi connectivity index (χ4n) is 4.32. The normalized spacial score (nSPS) is 13.6. The summed E-state index contributed by atoms with van der Waals surface area (Å²) in [7, 11) is 0. The Balaban J connectivity index is 1.54. The van der Waals surface area contributed by atoms with Crippen molar-refractivity contribution in [3.8, 4) is 11.1 Å². The van der Waals surface area contributed by atoms with Crippen LogP contribution in [-0.4, -0.2) is 48.1 Å².